The Morgan fingerprint density at radius 2 is 1.66 bits per heavy atom. The number of carboxylic acids is 1. The van der Waals surface area contributed by atoms with E-state index >= 15 is 0 Å². The molecule has 166 valence electrons. The first-order valence-electron chi connectivity index (χ1n) is 10.1. The molecule has 3 rings (SSSR count). The number of fused-ring (bicyclic) bond motifs is 3. The average Bonchev–Trinajstić information content (AvgIpc) is 3.12. The van der Waals surface area contributed by atoms with Crippen LogP contribution in [0.15, 0.2) is 48.5 Å². The standard InChI is InChI=1S/C24H24N2O6/c1-15(31-2)22(23(28)29)26-21(27)12-7-13-25-24(30)32-14-20-18-10-5-3-8-16(18)17-9-4-6-11-19(17)20/h3-6,8-11,15,20,22H,13-14H2,1-2H3,(H,25,30)(H,26,27)(H,28,29). The summed E-state index contributed by atoms with van der Waals surface area (Å²) < 4.78 is 10.3. The lowest BCUT2D eigenvalue weighted by Gasteiger charge is -2.18. The number of nitrogens with one attached hydrogen (secondary N) is 2. The van der Waals surface area contributed by atoms with Gasteiger partial charge in [0, 0.05) is 13.0 Å². The first-order valence-corrected chi connectivity index (χ1v) is 10.1. The van der Waals surface area contributed by atoms with Gasteiger partial charge in [-0.05, 0) is 35.1 Å². The summed E-state index contributed by atoms with van der Waals surface area (Å²) in [5, 5.41) is 13.8. The maximum absolute atomic E-state index is 12.1. The number of hydrogen-bond donors (Lipinski definition) is 3. The van der Waals surface area contributed by atoms with Crippen LogP contribution in [0, 0.1) is 11.8 Å². The molecule has 0 saturated carbocycles. The SMILES string of the molecule is COC(C)C(NC(=O)C#CCNC(=O)OCC1c2ccccc2-c2ccccc21)C(=O)O. The Morgan fingerprint density at radius 1 is 1.06 bits per heavy atom. The number of ether oxygens (including phenoxy) is 2. The smallest absolute Gasteiger partial charge is 0.407 e. The van der Waals surface area contributed by atoms with E-state index in [0.717, 1.165) is 22.3 Å². The quantitative estimate of drug-likeness (QED) is 0.573. The van der Waals surface area contributed by atoms with Gasteiger partial charge in [0.15, 0.2) is 6.04 Å². The van der Waals surface area contributed by atoms with E-state index in [2.05, 4.69) is 34.6 Å². The molecule has 0 aliphatic heterocycles. The molecule has 0 heterocycles. The van der Waals surface area contributed by atoms with Crippen LogP contribution in [0.5, 0.6) is 0 Å². The number of alkyl carbamates (subject to hydrolysis) is 1. The third-order valence-electron chi connectivity index (χ3n) is 5.26. The van der Waals surface area contributed by atoms with Gasteiger partial charge in [0.25, 0.3) is 5.91 Å². The second kappa shape index (κ2) is 10.5. The highest BCUT2D eigenvalue weighted by Gasteiger charge is 2.29. The van der Waals surface area contributed by atoms with Crippen LogP contribution in [-0.2, 0) is 19.1 Å². The summed E-state index contributed by atoms with van der Waals surface area (Å²) in [6.07, 6.45) is -1.38. The van der Waals surface area contributed by atoms with Crippen LogP contribution in [0.25, 0.3) is 11.1 Å². The summed E-state index contributed by atoms with van der Waals surface area (Å²) in [7, 11) is 1.34. The van der Waals surface area contributed by atoms with Crippen LogP contribution >= 0.6 is 0 Å². The van der Waals surface area contributed by atoms with Crippen LogP contribution in [0.3, 0.4) is 0 Å². The third kappa shape index (κ3) is 5.25. The van der Waals surface area contributed by atoms with E-state index in [9.17, 15) is 14.4 Å². The second-order valence-electron chi connectivity index (χ2n) is 7.21. The highest BCUT2D eigenvalue weighted by Crippen LogP contribution is 2.44. The Balaban J connectivity index is 1.50. The molecular weight excluding hydrogens is 412 g/mol. The molecule has 0 saturated heterocycles. The molecule has 8 heteroatoms. The Kier molecular flexibility index (Phi) is 7.47. The molecule has 2 aromatic carbocycles. The minimum atomic E-state index is -1.23. The summed E-state index contributed by atoms with van der Waals surface area (Å²) in [5.41, 5.74) is 4.49. The third-order valence-corrected chi connectivity index (χ3v) is 5.26. The second-order valence-corrected chi connectivity index (χ2v) is 7.21. The fourth-order valence-electron chi connectivity index (χ4n) is 3.58. The van der Waals surface area contributed by atoms with Gasteiger partial charge in [0.05, 0.1) is 12.6 Å². The number of hydrogen-bond acceptors (Lipinski definition) is 5. The van der Waals surface area contributed by atoms with Crippen molar-refractivity contribution in [3.8, 4) is 23.0 Å². The number of amides is 2. The van der Waals surface area contributed by atoms with Crippen LogP contribution in [-0.4, -0.2) is 55.5 Å². The Labute approximate surface area is 185 Å². The van der Waals surface area contributed by atoms with Gasteiger partial charge >= 0.3 is 12.1 Å². The first-order chi connectivity index (χ1) is 15.4. The molecule has 0 fully saturated rings. The van der Waals surface area contributed by atoms with E-state index in [1.54, 1.807) is 0 Å². The number of carbonyl (C=O) groups excluding carboxylic acids is 2. The van der Waals surface area contributed by atoms with Gasteiger partial charge in [-0.1, -0.05) is 54.5 Å². The monoisotopic (exact) mass is 436 g/mol. The molecule has 2 aromatic rings. The molecule has 2 unspecified atom stereocenters. The Hall–Kier alpha value is -3.83. The van der Waals surface area contributed by atoms with Crippen molar-refractivity contribution in [1.29, 1.82) is 0 Å². The van der Waals surface area contributed by atoms with E-state index in [4.69, 9.17) is 14.6 Å². The molecule has 1 aliphatic carbocycles. The molecule has 32 heavy (non-hydrogen) atoms. The number of methoxy groups -OCH3 is 1. The van der Waals surface area contributed by atoms with E-state index in [0.29, 0.717) is 0 Å². The Bertz CT molecular complexity index is 1030. The van der Waals surface area contributed by atoms with Gasteiger partial charge in [0.2, 0.25) is 0 Å². The van der Waals surface area contributed by atoms with Crippen LogP contribution in [0.2, 0.25) is 0 Å². The molecule has 0 radical (unpaired) electrons. The van der Waals surface area contributed by atoms with E-state index in [1.807, 2.05) is 36.4 Å². The van der Waals surface area contributed by atoms with Gasteiger partial charge in [-0.3, -0.25) is 4.79 Å². The summed E-state index contributed by atoms with van der Waals surface area (Å²) in [6.45, 7) is 1.57. The molecule has 0 aromatic heterocycles. The number of carboxylic acid groups (broad SMARTS) is 1. The zero-order valence-corrected chi connectivity index (χ0v) is 17.8. The average molecular weight is 436 g/mol. The topological polar surface area (TPSA) is 114 Å². The molecule has 3 N–H and O–H groups in total. The normalized spacial score (nSPS) is 13.6. The fourth-order valence-corrected chi connectivity index (χ4v) is 3.58. The van der Waals surface area contributed by atoms with Crippen molar-refractivity contribution in [2.24, 2.45) is 0 Å². The van der Waals surface area contributed by atoms with E-state index < -0.39 is 30.1 Å². The fraction of sp³-hybridized carbons (Fsp3) is 0.292. The van der Waals surface area contributed by atoms with Crippen molar-refractivity contribution in [3.63, 3.8) is 0 Å². The predicted molar refractivity (Wildman–Crippen MR) is 117 cm³/mol. The van der Waals surface area contributed by atoms with Crippen LogP contribution in [0.4, 0.5) is 4.79 Å². The maximum Gasteiger partial charge on any atom is 0.407 e. The lowest BCUT2D eigenvalue weighted by Crippen LogP contribution is -2.48. The van der Waals surface area contributed by atoms with E-state index in [-0.39, 0.29) is 19.1 Å². The highest BCUT2D eigenvalue weighted by atomic mass is 16.5. The molecule has 2 atom stereocenters. The van der Waals surface area contributed by atoms with Crippen molar-refractivity contribution < 1.29 is 29.0 Å². The molecule has 0 spiro atoms. The first kappa shape index (κ1) is 22.8. The van der Waals surface area contributed by atoms with Crippen molar-refractivity contribution in [2.45, 2.75) is 25.0 Å². The highest BCUT2D eigenvalue weighted by molar-refractivity contribution is 5.96. The minimum absolute atomic E-state index is 0.0549. The van der Waals surface area contributed by atoms with Gasteiger partial charge in [-0.25, -0.2) is 9.59 Å². The lowest BCUT2D eigenvalue weighted by molar-refractivity contribution is -0.144. The van der Waals surface area contributed by atoms with Crippen molar-refractivity contribution in [2.75, 3.05) is 20.3 Å². The molecule has 8 nitrogen and oxygen atoms in total. The summed E-state index contributed by atoms with van der Waals surface area (Å²) in [6, 6.07) is 14.8. The number of benzene rings is 2. The van der Waals surface area contributed by atoms with Gasteiger partial charge in [0.1, 0.15) is 6.61 Å². The summed E-state index contributed by atoms with van der Waals surface area (Å²) in [5.74, 6) is 2.64. The van der Waals surface area contributed by atoms with E-state index in [1.165, 1.54) is 14.0 Å². The largest absolute Gasteiger partial charge is 0.480 e. The molecule has 1 aliphatic rings. The predicted octanol–water partition coefficient (Wildman–Crippen LogP) is 2.13. The lowest BCUT2D eigenvalue weighted by atomic mass is 9.98. The maximum atomic E-state index is 12.1. The number of carbonyl (C=O) groups is 3. The van der Waals surface area contributed by atoms with Gasteiger partial charge < -0.3 is 25.2 Å². The zero-order chi connectivity index (χ0) is 23.1. The molecule has 0 bridgehead atoms. The van der Waals surface area contributed by atoms with Crippen LogP contribution < -0.4 is 10.6 Å². The minimum Gasteiger partial charge on any atom is -0.480 e. The Morgan fingerprint density at radius 3 is 2.22 bits per heavy atom. The molecular formula is C24H24N2O6. The van der Waals surface area contributed by atoms with Crippen molar-refractivity contribution >= 4 is 18.0 Å². The summed E-state index contributed by atoms with van der Waals surface area (Å²) >= 11 is 0. The van der Waals surface area contributed by atoms with Crippen LogP contribution in [0.1, 0.15) is 24.0 Å². The zero-order valence-electron chi connectivity index (χ0n) is 17.8. The van der Waals surface area contributed by atoms with Gasteiger partial charge in [-0.15, -0.1) is 0 Å². The van der Waals surface area contributed by atoms with Crippen molar-refractivity contribution in [1.82, 2.24) is 10.6 Å². The molecule has 2 amide bonds. The number of rotatable bonds is 7. The van der Waals surface area contributed by atoms with Crippen molar-refractivity contribution in [3.05, 3.63) is 59.7 Å². The number of aliphatic carboxylic acids is 1. The van der Waals surface area contributed by atoms with Gasteiger partial charge in [-0.2, -0.15) is 0 Å². The summed E-state index contributed by atoms with van der Waals surface area (Å²) in [4.78, 5) is 35.0.